The maximum absolute atomic E-state index is 11.6. The van der Waals surface area contributed by atoms with Crippen molar-refractivity contribution >= 4 is 33.5 Å². The fourth-order valence-corrected chi connectivity index (χ4v) is 4.39. The number of esters is 1. The third-order valence-electron chi connectivity index (χ3n) is 3.49. The molecule has 1 aromatic rings. The first-order valence-corrected chi connectivity index (χ1v) is 9.17. The molecule has 0 saturated carbocycles. The van der Waals surface area contributed by atoms with Gasteiger partial charge in [-0.2, -0.15) is 10.4 Å². The first kappa shape index (κ1) is 17.5. The normalized spacial score (nSPS) is 21.2. The number of hydrogen-bond donors (Lipinski definition) is 0. The van der Waals surface area contributed by atoms with Crippen molar-refractivity contribution in [2.75, 3.05) is 11.5 Å². The second-order valence-corrected chi connectivity index (χ2v) is 7.92. The zero-order chi connectivity index (χ0) is 17.2. The number of aryl methyl sites for hydroxylation is 1. The molecule has 23 heavy (non-hydrogen) atoms. The second kappa shape index (κ2) is 6.72. The lowest BCUT2D eigenvalue weighted by atomic mass is 10.2. The van der Waals surface area contributed by atoms with Crippen LogP contribution < -0.4 is 0 Å². The van der Waals surface area contributed by atoms with Crippen molar-refractivity contribution < 1.29 is 17.9 Å². The van der Waals surface area contributed by atoms with Crippen molar-refractivity contribution in [1.82, 2.24) is 9.78 Å². The quantitative estimate of drug-likeness (QED) is 0.600. The predicted octanol–water partition coefficient (Wildman–Crippen LogP) is 1.67. The van der Waals surface area contributed by atoms with Gasteiger partial charge in [0.1, 0.15) is 11.2 Å². The van der Waals surface area contributed by atoms with E-state index in [2.05, 4.69) is 5.10 Å². The summed E-state index contributed by atoms with van der Waals surface area (Å²) >= 11 is 6.27. The van der Waals surface area contributed by atoms with Gasteiger partial charge in [0.25, 0.3) is 0 Å². The molecule has 1 saturated heterocycles. The molecule has 2 rings (SSSR count). The van der Waals surface area contributed by atoms with E-state index in [1.807, 2.05) is 0 Å². The first-order valence-electron chi connectivity index (χ1n) is 6.97. The molecule has 1 aliphatic heterocycles. The Morgan fingerprint density at radius 1 is 1.61 bits per heavy atom. The van der Waals surface area contributed by atoms with Gasteiger partial charge in [0.2, 0.25) is 0 Å². The van der Waals surface area contributed by atoms with Crippen LogP contribution in [0.4, 0.5) is 0 Å². The van der Waals surface area contributed by atoms with Gasteiger partial charge in [0.05, 0.1) is 23.2 Å². The lowest BCUT2D eigenvalue weighted by molar-refractivity contribution is -0.139. The Kier molecular flexibility index (Phi) is 5.12. The molecule has 0 aliphatic carbocycles. The molecule has 1 aromatic heterocycles. The summed E-state index contributed by atoms with van der Waals surface area (Å²) in [5, 5.41) is 13.1. The van der Waals surface area contributed by atoms with E-state index >= 15 is 0 Å². The monoisotopic (exact) mass is 357 g/mol. The number of halogens is 1. The number of hydrogen-bond acceptors (Lipinski definition) is 6. The lowest BCUT2D eigenvalue weighted by Crippen LogP contribution is -2.12. The highest BCUT2D eigenvalue weighted by atomic mass is 35.5. The van der Waals surface area contributed by atoms with Crippen molar-refractivity contribution in [3.05, 3.63) is 22.5 Å². The van der Waals surface area contributed by atoms with Crippen LogP contribution in [0, 0.1) is 18.3 Å². The molecule has 0 radical (unpaired) electrons. The van der Waals surface area contributed by atoms with E-state index in [0.717, 1.165) is 0 Å². The van der Waals surface area contributed by atoms with Crippen LogP contribution in [0.3, 0.4) is 0 Å². The van der Waals surface area contributed by atoms with E-state index in [0.29, 0.717) is 17.7 Å². The molecule has 9 heteroatoms. The minimum absolute atomic E-state index is 0.0126. The average molecular weight is 358 g/mol. The number of sulfone groups is 1. The number of carbonyl (C=O) groups excluding carboxylic acids is 1. The molecule has 7 nitrogen and oxygen atoms in total. The summed E-state index contributed by atoms with van der Waals surface area (Å²) in [6, 6.07) is 1.50. The summed E-state index contributed by atoms with van der Waals surface area (Å²) < 4.78 is 29.4. The molecule has 0 spiro atoms. The topological polar surface area (TPSA) is 102 Å². The summed E-state index contributed by atoms with van der Waals surface area (Å²) in [5.74, 6) is -0.527. The van der Waals surface area contributed by atoms with Crippen LogP contribution in [-0.2, 0) is 19.4 Å². The Labute approximate surface area is 139 Å². The predicted molar refractivity (Wildman–Crippen MR) is 84.5 cm³/mol. The van der Waals surface area contributed by atoms with Gasteiger partial charge in [0.15, 0.2) is 15.9 Å². The smallest absolute Gasteiger partial charge is 0.332 e. The van der Waals surface area contributed by atoms with Gasteiger partial charge < -0.3 is 4.74 Å². The van der Waals surface area contributed by atoms with E-state index in [-0.39, 0.29) is 22.7 Å². The standard InChI is InChI=1S/C14H16ClN3O4S/c1-9(7-16)22-13(19)4-3-12-10(2)17-18(14(12)15)11-5-6-23(20,21)8-11/h3-4,9,11H,5-6,8H2,1-2H3/b4-3+/t9-,11+/m0/s1. The van der Waals surface area contributed by atoms with Crippen LogP contribution in [0.5, 0.6) is 0 Å². The van der Waals surface area contributed by atoms with E-state index < -0.39 is 21.9 Å². The Balaban J connectivity index is 2.19. The molecule has 2 atom stereocenters. The third kappa shape index (κ3) is 4.12. The van der Waals surface area contributed by atoms with Crippen LogP contribution >= 0.6 is 11.6 Å². The number of rotatable bonds is 4. The zero-order valence-electron chi connectivity index (χ0n) is 12.7. The number of aromatic nitrogens is 2. The van der Waals surface area contributed by atoms with E-state index in [1.54, 1.807) is 13.0 Å². The molecule has 1 fully saturated rings. The highest BCUT2D eigenvalue weighted by Crippen LogP contribution is 2.30. The summed E-state index contributed by atoms with van der Waals surface area (Å²) in [4.78, 5) is 11.5. The van der Waals surface area contributed by atoms with E-state index in [1.165, 1.54) is 23.8 Å². The Hall–Kier alpha value is -1.85. The van der Waals surface area contributed by atoms with Crippen LogP contribution in [-0.4, -0.2) is 41.8 Å². The number of carbonyl (C=O) groups is 1. The maximum Gasteiger partial charge on any atom is 0.332 e. The maximum atomic E-state index is 11.6. The second-order valence-electron chi connectivity index (χ2n) is 5.33. The number of nitriles is 1. The molecule has 1 aliphatic rings. The van der Waals surface area contributed by atoms with Crippen molar-refractivity contribution in [3.8, 4) is 6.07 Å². The zero-order valence-corrected chi connectivity index (χ0v) is 14.3. The lowest BCUT2D eigenvalue weighted by Gasteiger charge is -2.09. The van der Waals surface area contributed by atoms with Gasteiger partial charge in [-0.3, -0.25) is 0 Å². The molecule has 0 aromatic carbocycles. The van der Waals surface area contributed by atoms with Crippen molar-refractivity contribution in [1.29, 1.82) is 5.26 Å². The van der Waals surface area contributed by atoms with Gasteiger partial charge >= 0.3 is 5.97 Å². The van der Waals surface area contributed by atoms with Gasteiger partial charge in [0, 0.05) is 11.6 Å². The highest BCUT2D eigenvalue weighted by Gasteiger charge is 2.31. The first-order chi connectivity index (χ1) is 10.7. The fourth-order valence-electron chi connectivity index (χ4n) is 2.32. The molecule has 0 amide bonds. The van der Waals surface area contributed by atoms with Crippen LogP contribution in [0.25, 0.3) is 6.08 Å². The summed E-state index contributed by atoms with van der Waals surface area (Å²) in [7, 11) is -3.05. The molecule has 2 heterocycles. The molecular weight excluding hydrogens is 342 g/mol. The molecule has 0 bridgehead atoms. The van der Waals surface area contributed by atoms with Gasteiger partial charge in [-0.1, -0.05) is 11.6 Å². The van der Waals surface area contributed by atoms with Gasteiger partial charge in [-0.05, 0) is 26.3 Å². The molecule has 0 N–H and O–H groups in total. The Morgan fingerprint density at radius 2 is 2.30 bits per heavy atom. The van der Waals surface area contributed by atoms with Crippen molar-refractivity contribution in [2.45, 2.75) is 32.4 Å². The SMILES string of the molecule is Cc1nn([C@@H]2CCS(=O)(=O)C2)c(Cl)c1/C=C/C(=O)O[C@@H](C)C#N. The minimum atomic E-state index is -3.05. The van der Waals surface area contributed by atoms with Crippen molar-refractivity contribution in [2.24, 2.45) is 0 Å². The van der Waals surface area contributed by atoms with Crippen molar-refractivity contribution in [3.63, 3.8) is 0 Å². The molecular formula is C14H16ClN3O4S. The van der Waals surface area contributed by atoms with Crippen LogP contribution in [0.2, 0.25) is 5.15 Å². The third-order valence-corrected chi connectivity index (χ3v) is 5.61. The average Bonchev–Trinajstić information content (AvgIpc) is 2.96. The van der Waals surface area contributed by atoms with Gasteiger partial charge in [-0.15, -0.1) is 0 Å². The largest absolute Gasteiger partial charge is 0.444 e. The summed E-state index contributed by atoms with van der Waals surface area (Å²) in [6.45, 7) is 3.18. The molecule has 124 valence electrons. The number of nitrogens with zero attached hydrogens (tertiary/aromatic N) is 3. The van der Waals surface area contributed by atoms with E-state index in [9.17, 15) is 13.2 Å². The van der Waals surface area contributed by atoms with Crippen LogP contribution in [0.15, 0.2) is 6.08 Å². The van der Waals surface area contributed by atoms with Gasteiger partial charge in [-0.25, -0.2) is 17.9 Å². The summed E-state index contributed by atoms with van der Waals surface area (Å²) in [6.07, 6.45) is 2.25. The van der Waals surface area contributed by atoms with Crippen LogP contribution in [0.1, 0.15) is 30.6 Å². The fraction of sp³-hybridized carbons (Fsp3) is 0.500. The minimum Gasteiger partial charge on any atom is -0.444 e. The Bertz CT molecular complexity index is 792. The number of ether oxygens (including phenoxy) is 1. The Morgan fingerprint density at radius 3 is 2.87 bits per heavy atom. The van der Waals surface area contributed by atoms with E-state index in [4.69, 9.17) is 21.6 Å². The summed E-state index contributed by atoms with van der Waals surface area (Å²) in [5.41, 5.74) is 1.11. The molecule has 0 unspecified atom stereocenters. The highest BCUT2D eigenvalue weighted by molar-refractivity contribution is 7.91.